The lowest BCUT2D eigenvalue weighted by Crippen LogP contribution is -2.25. The quantitative estimate of drug-likeness (QED) is 0.845. The third-order valence-electron chi connectivity index (χ3n) is 3.14. The molecule has 1 saturated heterocycles. The average Bonchev–Trinajstić information content (AvgIpc) is 2.71. The second-order valence-electron chi connectivity index (χ2n) is 4.97. The lowest BCUT2D eigenvalue weighted by Gasteiger charge is -2.16. The monoisotopic (exact) mass is 278 g/mol. The summed E-state index contributed by atoms with van der Waals surface area (Å²) >= 11 is 1.31. The molecular formula is C14H18N2O2S. The molecule has 1 fully saturated rings. The van der Waals surface area contributed by atoms with E-state index in [0.29, 0.717) is 13.0 Å². The predicted molar refractivity (Wildman–Crippen MR) is 75.6 cm³/mol. The first kappa shape index (κ1) is 14.1. The number of thioether (sulfide) groups is 1. The molecule has 5 heteroatoms. The van der Waals surface area contributed by atoms with Gasteiger partial charge in [0, 0.05) is 31.8 Å². The molecule has 0 radical (unpaired) electrons. The molecular weight excluding hydrogens is 260 g/mol. The Morgan fingerprint density at radius 1 is 1.53 bits per heavy atom. The van der Waals surface area contributed by atoms with E-state index >= 15 is 0 Å². The molecule has 1 atom stereocenters. The largest absolute Gasteiger partial charge is 0.336 e. The Balaban J connectivity index is 1.89. The highest BCUT2D eigenvalue weighted by molar-refractivity contribution is 8.13. The van der Waals surface area contributed by atoms with Gasteiger partial charge in [-0.2, -0.15) is 0 Å². The van der Waals surface area contributed by atoms with Crippen molar-refractivity contribution in [1.82, 2.24) is 9.88 Å². The number of rotatable bonds is 4. The Morgan fingerprint density at radius 2 is 2.32 bits per heavy atom. The molecule has 0 N–H and O–H groups in total. The van der Waals surface area contributed by atoms with E-state index in [1.54, 1.807) is 6.92 Å². The fourth-order valence-electron chi connectivity index (χ4n) is 2.14. The standard InChI is InChI=1S/C14H18N2O2S/c1-10-3-4-13(15-6-10)8-16-7-12(5-14(16)18)9-19-11(2)17/h3-4,6,12H,5,7-9H2,1-2H3. The summed E-state index contributed by atoms with van der Waals surface area (Å²) in [6.45, 7) is 4.86. The van der Waals surface area contributed by atoms with E-state index in [0.717, 1.165) is 23.6 Å². The van der Waals surface area contributed by atoms with Crippen molar-refractivity contribution in [2.24, 2.45) is 5.92 Å². The normalized spacial score (nSPS) is 18.9. The van der Waals surface area contributed by atoms with Crippen LogP contribution in [0.15, 0.2) is 18.3 Å². The van der Waals surface area contributed by atoms with Gasteiger partial charge in [0.15, 0.2) is 5.12 Å². The first-order valence-corrected chi connectivity index (χ1v) is 7.36. The summed E-state index contributed by atoms with van der Waals surface area (Å²) in [4.78, 5) is 29.0. The molecule has 102 valence electrons. The summed E-state index contributed by atoms with van der Waals surface area (Å²) in [5.74, 6) is 1.18. The van der Waals surface area contributed by atoms with Crippen LogP contribution in [0.4, 0.5) is 0 Å². The molecule has 1 aromatic heterocycles. The number of aromatic nitrogens is 1. The number of carbonyl (C=O) groups excluding carboxylic acids is 2. The van der Waals surface area contributed by atoms with Gasteiger partial charge in [0.25, 0.3) is 0 Å². The summed E-state index contributed by atoms with van der Waals surface area (Å²) < 4.78 is 0. The lowest BCUT2D eigenvalue weighted by molar-refractivity contribution is -0.128. The highest BCUT2D eigenvalue weighted by Gasteiger charge is 2.29. The smallest absolute Gasteiger partial charge is 0.223 e. The van der Waals surface area contributed by atoms with Gasteiger partial charge in [-0.05, 0) is 24.5 Å². The van der Waals surface area contributed by atoms with E-state index in [4.69, 9.17) is 0 Å². The van der Waals surface area contributed by atoms with Gasteiger partial charge < -0.3 is 4.90 Å². The summed E-state index contributed by atoms with van der Waals surface area (Å²) in [5.41, 5.74) is 2.03. The minimum absolute atomic E-state index is 0.117. The molecule has 0 aromatic carbocycles. The number of hydrogen-bond acceptors (Lipinski definition) is 4. The molecule has 0 saturated carbocycles. The van der Waals surface area contributed by atoms with Gasteiger partial charge in [-0.25, -0.2) is 0 Å². The predicted octanol–water partition coefficient (Wildman–Crippen LogP) is 2.02. The number of nitrogens with zero attached hydrogens (tertiary/aromatic N) is 2. The molecule has 1 aliphatic heterocycles. The number of amides is 1. The van der Waals surface area contributed by atoms with E-state index in [2.05, 4.69) is 4.98 Å². The Labute approximate surface area is 117 Å². The zero-order chi connectivity index (χ0) is 13.8. The van der Waals surface area contributed by atoms with Crippen molar-refractivity contribution in [3.05, 3.63) is 29.6 Å². The summed E-state index contributed by atoms with van der Waals surface area (Å²) in [6.07, 6.45) is 2.37. The number of aryl methyl sites for hydroxylation is 1. The van der Waals surface area contributed by atoms with Crippen molar-refractivity contribution < 1.29 is 9.59 Å². The van der Waals surface area contributed by atoms with Gasteiger partial charge in [0.1, 0.15) is 0 Å². The van der Waals surface area contributed by atoms with Crippen LogP contribution in [0.2, 0.25) is 0 Å². The molecule has 4 nitrogen and oxygen atoms in total. The molecule has 0 spiro atoms. The topological polar surface area (TPSA) is 50.3 Å². The SMILES string of the molecule is CC(=O)SCC1CC(=O)N(Cc2ccc(C)cn2)C1. The van der Waals surface area contributed by atoms with Gasteiger partial charge in [-0.1, -0.05) is 17.8 Å². The first-order valence-electron chi connectivity index (χ1n) is 6.37. The first-order chi connectivity index (χ1) is 9.04. The van der Waals surface area contributed by atoms with Crippen LogP contribution in [0.1, 0.15) is 24.6 Å². The molecule has 1 unspecified atom stereocenters. The summed E-state index contributed by atoms with van der Waals surface area (Å²) in [5, 5.41) is 0.117. The zero-order valence-electron chi connectivity index (χ0n) is 11.3. The Kier molecular flexibility index (Phi) is 4.58. The van der Waals surface area contributed by atoms with Gasteiger partial charge in [0.05, 0.1) is 12.2 Å². The molecule has 2 rings (SSSR count). The molecule has 0 bridgehead atoms. The average molecular weight is 278 g/mol. The Hall–Kier alpha value is -1.36. The number of likely N-dealkylation sites (tertiary alicyclic amines) is 1. The molecule has 1 amide bonds. The van der Waals surface area contributed by atoms with Crippen molar-refractivity contribution in [3.8, 4) is 0 Å². The third-order valence-corrected chi connectivity index (χ3v) is 4.19. The molecule has 2 heterocycles. The van der Waals surface area contributed by atoms with Crippen LogP contribution in [-0.2, 0) is 16.1 Å². The number of pyridine rings is 1. The van der Waals surface area contributed by atoms with Crippen molar-refractivity contribution >= 4 is 22.8 Å². The number of carbonyl (C=O) groups is 2. The van der Waals surface area contributed by atoms with E-state index in [1.807, 2.05) is 30.2 Å². The minimum atomic E-state index is 0.117. The van der Waals surface area contributed by atoms with Crippen molar-refractivity contribution in [2.45, 2.75) is 26.8 Å². The molecule has 0 aliphatic carbocycles. The van der Waals surface area contributed by atoms with Crippen LogP contribution < -0.4 is 0 Å². The fourth-order valence-corrected chi connectivity index (χ4v) is 2.83. The maximum atomic E-state index is 11.9. The van der Waals surface area contributed by atoms with Gasteiger partial charge in [0.2, 0.25) is 5.91 Å². The van der Waals surface area contributed by atoms with Crippen molar-refractivity contribution in [3.63, 3.8) is 0 Å². The molecule has 1 aliphatic rings. The van der Waals surface area contributed by atoms with E-state index in [9.17, 15) is 9.59 Å². The zero-order valence-corrected chi connectivity index (χ0v) is 12.1. The fraction of sp³-hybridized carbons (Fsp3) is 0.500. The van der Waals surface area contributed by atoms with Gasteiger partial charge in [-0.3, -0.25) is 14.6 Å². The second kappa shape index (κ2) is 6.19. The molecule has 1 aromatic rings. The minimum Gasteiger partial charge on any atom is -0.336 e. The van der Waals surface area contributed by atoms with Crippen LogP contribution in [0.3, 0.4) is 0 Å². The van der Waals surface area contributed by atoms with Crippen LogP contribution in [-0.4, -0.2) is 33.2 Å². The van der Waals surface area contributed by atoms with Gasteiger partial charge >= 0.3 is 0 Å². The maximum Gasteiger partial charge on any atom is 0.223 e. The summed E-state index contributed by atoms with van der Waals surface area (Å²) in [6, 6.07) is 3.96. The summed E-state index contributed by atoms with van der Waals surface area (Å²) in [7, 11) is 0. The van der Waals surface area contributed by atoms with Crippen LogP contribution in [0.25, 0.3) is 0 Å². The highest BCUT2D eigenvalue weighted by atomic mass is 32.2. The van der Waals surface area contributed by atoms with E-state index in [-0.39, 0.29) is 16.9 Å². The van der Waals surface area contributed by atoms with Crippen molar-refractivity contribution in [1.29, 1.82) is 0 Å². The highest BCUT2D eigenvalue weighted by Crippen LogP contribution is 2.23. The van der Waals surface area contributed by atoms with E-state index < -0.39 is 0 Å². The lowest BCUT2D eigenvalue weighted by atomic mass is 10.1. The Bertz CT molecular complexity index is 473. The number of hydrogen-bond donors (Lipinski definition) is 0. The van der Waals surface area contributed by atoms with E-state index in [1.165, 1.54) is 11.8 Å². The maximum absolute atomic E-state index is 11.9. The second-order valence-corrected chi connectivity index (χ2v) is 6.17. The van der Waals surface area contributed by atoms with Crippen LogP contribution >= 0.6 is 11.8 Å². The van der Waals surface area contributed by atoms with Crippen molar-refractivity contribution in [2.75, 3.05) is 12.3 Å². The third kappa shape index (κ3) is 4.06. The van der Waals surface area contributed by atoms with Crippen LogP contribution in [0.5, 0.6) is 0 Å². The Morgan fingerprint density at radius 3 is 2.95 bits per heavy atom. The van der Waals surface area contributed by atoms with Gasteiger partial charge in [-0.15, -0.1) is 0 Å². The molecule has 19 heavy (non-hydrogen) atoms. The van der Waals surface area contributed by atoms with Crippen LogP contribution in [0, 0.1) is 12.8 Å².